The van der Waals surface area contributed by atoms with E-state index in [0.717, 1.165) is 38.6 Å². The predicted molar refractivity (Wildman–Crippen MR) is 225 cm³/mol. The maximum absolute atomic E-state index is 13.0. The molecule has 3 aliphatic carbocycles. The smallest absolute Gasteiger partial charge is 1.00 e. The first-order chi connectivity index (χ1) is 25.0. The molecule has 5 heteroatoms. The summed E-state index contributed by atoms with van der Waals surface area (Å²) in [6, 6.07) is 25.1. The molecule has 0 heterocycles. The van der Waals surface area contributed by atoms with Crippen LogP contribution in [-0.4, -0.2) is 3.21 Å². The molecular weight excluding hydrogens is 813 g/mol. The minimum absolute atomic E-state index is 0. The van der Waals surface area contributed by atoms with Gasteiger partial charge in [0.15, 0.2) is 0 Å². The SMILES string of the molecule is CC(C)(C)C1=CC(C)(C)c2cc3[cH-]c4cc5c(cc4c3cc21)C(C(C)(C)C)=CC5(C)C.CC1=CC(C)[C-]=C1.Fc1cccc([C](=[Zr+2])c2cccc(F)c2)c1.[Cl-].[Cl-]. The molecule has 0 saturated heterocycles. The second-order valence-electron chi connectivity index (χ2n) is 18.6. The Hall–Kier alpha value is -3.10. The first-order valence-corrected chi connectivity index (χ1v) is 20.4. The van der Waals surface area contributed by atoms with Gasteiger partial charge in [0.25, 0.3) is 0 Å². The molecule has 0 aliphatic heterocycles. The molecule has 0 amide bonds. The fourth-order valence-electron chi connectivity index (χ4n) is 8.10. The summed E-state index contributed by atoms with van der Waals surface area (Å²) in [7, 11) is 0. The van der Waals surface area contributed by atoms with Gasteiger partial charge >= 0.3 is 108 Å². The van der Waals surface area contributed by atoms with E-state index in [-0.39, 0.29) is 58.1 Å². The summed E-state index contributed by atoms with van der Waals surface area (Å²) in [5.74, 6) is 0.0163. The normalized spacial score (nSPS) is 17.3. The average Bonchev–Trinajstić information content (AvgIpc) is 3.79. The van der Waals surface area contributed by atoms with Gasteiger partial charge in [-0.2, -0.15) is 6.08 Å². The zero-order chi connectivity index (χ0) is 39.5. The van der Waals surface area contributed by atoms with Gasteiger partial charge in [-0.05, 0) is 33.1 Å². The second-order valence-corrected chi connectivity index (χ2v) is 19.8. The van der Waals surface area contributed by atoms with E-state index in [0.29, 0.717) is 5.92 Å². The van der Waals surface area contributed by atoms with Gasteiger partial charge in [-0.1, -0.05) is 117 Å². The molecule has 0 bridgehead atoms. The minimum atomic E-state index is -0.270. The molecule has 0 radical (unpaired) electrons. The van der Waals surface area contributed by atoms with Crippen molar-refractivity contribution >= 4 is 35.9 Å². The van der Waals surface area contributed by atoms with Crippen molar-refractivity contribution in [3.05, 3.63) is 160 Å². The predicted octanol–water partition coefficient (Wildman–Crippen LogP) is 8.18. The van der Waals surface area contributed by atoms with Gasteiger partial charge in [-0.25, -0.2) is 11.6 Å². The van der Waals surface area contributed by atoms with Gasteiger partial charge in [-0.15, -0.1) is 46.7 Å². The van der Waals surface area contributed by atoms with Crippen LogP contribution < -0.4 is 24.8 Å². The van der Waals surface area contributed by atoms with Gasteiger partial charge in [0.05, 0.1) is 0 Å². The molecule has 0 nitrogen and oxygen atoms in total. The van der Waals surface area contributed by atoms with Crippen molar-refractivity contribution in [3.8, 4) is 0 Å². The zero-order valence-corrected chi connectivity index (χ0v) is 38.9. The van der Waals surface area contributed by atoms with Gasteiger partial charge in [0.2, 0.25) is 0 Å². The van der Waals surface area contributed by atoms with E-state index in [1.807, 2.05) is 18.2 Å². The van der Waals surface area contributed by atoms with Crippen LogP contribution in [0.5, 0.6) is 0 Å². The molecule has 0 N–H and O–H groups in total. The van der Waals surface area contributed by atoms with Crippen LogP contribution in [0.25, 0.3) is 32.7 Å². The molecule has 1 atom stereocenters. The third kappa shape index (κ3) is 9.44. The fourth-order valence-corrected chi connectivity index (χ4v) is 8.86. The van der Waals surface area contributed by atoms with Crippen molar-refractivity contribution in [2.75, 3.05) is 0 Å². The Bertz CT molecular complexity index is 2270. The maximum atomic E-state index is 13.0. The van der Waals surface area contributed by atoms with Crippen molar-refractivity contribution in [1.29, 1.82) is 0 Å². The van der Waals surface area contributed by atoms with Crippen molar-refractivity contribution < 1.29 is 57.8 Å². The van der Waals surface area contributed by atoms with Crippen molar-refractivity contribution in [1.82, 2.24) is 0 Å². The van der Waals surface area contributed by atoms with Crippen LogP contribution in [0.2, 0.25) is 0 Å². The molecule has 0 fully saturated rings. The number of fused-ring (bicyclic) bond motifs is 5. The molecule has 0 aromatic heterocycles. The first kappa shape index (κ1) is 45.6. The summed E-state index contributed by atoms with van der Waals surface area (Å²) >= 11 is 1.13. The number of rotatable bonds is 2. The zero-order valence-electron chi connectivity index (χ0n) is 34.9. The minimum Gasteiger partial charge on any atom is -1.00 e. The summed E-state index contributed by atoms with van der Waals surface area (Å²) in [4.78, 5) is 0. The van der Waals surface area contributed by atoms with E-state index in [2.05, 4.69) is 138 Å². The van der Waals surface area contributed by atoms with Crippen molar-refractivity contribution in [3.63, 3.8) is 0 Å². The Labute approximate surface area is 361 Å². The number of hydrogen-bond donors (Lipinski definition) is 0. The van der Waals surface area contributed by atoms with Crippen molar-refractivity contribution in [2.45, 2.75) is 93.9 Å². The Morgan fingerprint density at radius 3 is 1.39 bits per heavy atom. The van der Waals surface area contributed by atoms with E-state index < -0.39 is 0 Å². The van der Waals surface area contributed by atoms with E-state index in [9.17, 15) is 8.78 Å². The van der Waals surface area contributed by atoms with E-state index >= 15 is 0 Å². The fraction of sp³-hybridized carbons (Fsp3) is 0.333. The van der Waals surface area contributed by atoms with Crippen LogP contribution in [0, 0.1) is 34.5 Å². The second kappa shape index (κ2) is 16.6. The summed E-state index contributed by atoms with van der Waals surface area (Å²) in [6.45, 7) is 27.7. The van der Waals surface area contributed by atoms with Gasteiger partial charge in [-0.3, -0.25) is 6.08 Å². The molecule has 3 aliphatic rings. The third-order valence-electron chi connectivity index (χ3n) is 10.9. The molecular formula is C51H54Cl2F2Zr-2. The summed E-state index contributed by atoms with van der Waals surface area (Å²) in [6.07, 6.45) is 12.4. The van der Waals surface area contributed by atoms with Crippen LogP contribution in [0.15, 0.2) is 109 Å². The van der Waals surface area contributed by atoms with Crippen LogP contribution in [-0.2, 0) is 35.1 Å². The quantitative estimate of drug-likeness (QED) is 0.157. The number of allylic oxidation sites excluding steroid dienone is 8. The summed E-state index contributed by atoms with van der Waals surface area (Å²) < 4.78 is 27.0. The Morgan fingerprint density at radius 1 is 0.679 bits per heavy atom. The van der Waals surface area contributed by atoms with Crippen LogP contribution in [0.4, 0.5) is 8.78 Å². The average molecular weight is 867 g/mol. The van der Waals surface area contributed by atoms with E-state index in [1.54, 1.807) is 12.1 Å². The summed E-state index contributed by atoms with van der Waals surface area (Å²) in [5.41, 5.74) is 12.2. The molecule has 56 heavy (non-hydrogen) atoms. The standard InChI is InChI=1S/C31H37.C13H8F2.C7H9.2ClH.Zr/c1-28(2,3)26-16-30(7,8)24-12-18-11-19-13-25-23(15-21(19)20(18)14-22(24)26)27(29(4,5)6)17-31(25,9)10;14-12-5-1-3-10(8-12)7-11-4-2-6-13(15)9-11;1-6-3-4-7(2)5-6;;;/h11-17H,1-10H3;1-6,8-9H;3,5,7H,1-2H3;2*1H;/q-1;;-1;;;+2/p-2. The number of hydrogen-bond acceptors (Lipinski definition) is 0. The van der Waals surface area contributed by atoms with Crippen LogP contribution >= 0.6 is 0 Å². The molecule has 0 saturated carbocycles. The Balaban J connectivity index is 0.000000232. The first-order valence-electron chi connectivity index (χ1n) is 19.1. The molecule has 292 valence electrons. The largest absolute Gasteiger partial charge is 1.00 e. The van der Waals surface area contributed by atoms with Crippen LogP contribution in [0.1, 0.15) is 116 Å². The molecule has 1 unspecified atom stereocenters. The topological polar surface area (TPSA) is 0 Å². The van der Waals surface area contributed by atoms with E-state index in [1.165, 1.54) is 84.8 Å². The Morgan fingerprint density at radius 2 is 1.09 bits per heavy atom. The van der Waals surface area contributed by atoms with Gasteiger partial charge in [0, 0.05) is 10.8 Å². The summed E-state index contributed by atoms with van der Waals surface area (Å²) in [5, 5.41) is 5.58. The van der Waals surface area contributed by atoms with Gasteiger partial charge in [0.1, 0.15) is 0 Å². The molecule has 5 aromatic rings. The molecule has 0 spiro atoms. The number of halogens is 4. The monoisotopic (exact) mass is 864 g/mol. The Kier molecular flexibility index (Phi) is 13.6. The molecule has 5 aromatic carbocycles. The van der Waals surface area contributed by atoms with Gasteiger partial charge < -0.3 is 24.8 Å². The van der Waals surface area contributed by atoms with Crippen LogP contribution in [0.3, 0.4) is 0 Å². The third-order valence-corrected chi connectivity index (χ3v) is 12.3. The molecule has 8 rings (SSSR count). The maximum Gasteiger partial charge on any atom is -1.00 e. The van der Waals surface area contributed by atoms with E-state index in [4.69, 9.17) is 0 Å². The number of benzene rings is 4. The van der Waals surface area contributed by atoms with Crippen molar-refractivity contribution in [2.24, 2.45) is 16.7 Å².